The van der Waals surface area contributed by atoms with Crippen molar-refractivity contribution in [3.8, 4) is 5.69 Å². The van der Waals surface area contributed by atoms with E-state index >= 15 is 0 Å². The van der Waals surface area contributed by atoms with Crippen LogP contribution in [0.25, 0.3) is 5.69 Å². The van der Waals surface area contributed by atoms with Crippen LogP contribution in [0.2, 0.25) is 0 Å². The third-order valence-electron chi connectivity index (χ3n) is 2.73. The van der Waals surface area contributed by atoms with Crippen LogP contribution in [0.3, 0.4) is 0 Å². The molecule has 0 saturated carbocycles. The smallest absolute Gasteiger partial charge is 0.221 e. The van der Waals surface area contributed by atoms with Crippen LogP contribution in [0.5, 0.6) is 0 Å². The molecule has 0 fully saturated rings. The summed E-state index contributed by atoms with van der Waals surface area (Å²) >= 11 is 0. The van der Waals surface area contributed by atoms with Crippen LogP contribution in [0, 0.1) is 13.8 Å². The zero-order chi connectivity index (χ0) is 14.9. The number of hydrogen-bond donors (Lipinski definition) is 1. The molecule has 0 aliphatic heterocycles. The first kappa shape index (κ1) is 14.7. The lowest BCUT2D eigenvalue weighted by atomic mass is 10.1. The number of aryl methyl sites for hydroxylation is 2. The topological polar surface area (TPSA) is 64.0 Å². The second-order valence-corrected chi connectivity index (χ2v) is 6.86. The lowest BCUT2D eigenvalue weighted by Gasteiger charge is -2.12. The van der Waals surface area contributed by atoms with Gasteiger partial charge in [0.15, 0.2) is 5.03 Å². The van der Waals surface area contributed by atoms with E-state index in [0.29, 0.717) is 0 Å². The molecule has 0 saturated heterocycles. The van der Waals surface area contributed by atoms with E-state index in [2.05, 4.69) is 9.82 Å². The lowest BCUT2D eigenvalue weighted by molar-refractivity contribution is 0.560. The minimum atomic E-state index is -3.57. The number of aromatic nitrogens is 2. The van der Waals surface area contributed by atoms with Gasteiger partial charge in [0.1, 0.15) is 0 Å². The Bertz CT molecular complexity index is 698. The largest absolute Gasteiger partial charge is 0.258 e. The molecule has 0 aliphatic rings. The van der Waals surface area contributed by atoms with Crippen LogP contribution >= 0.6 is 0 Å². The second-order valence-electron chi connectivity index (χ2n) is 5.20. The fourth-order valence-electron chi connectivity index (χ4n) is 2.13. The summed E-state index contributed by atoms with van der Waals surface area (Å²) in [6.45, 7) is 7.52. The summed E-state index contributed by atoms with van der Waals surface area (Å²) in [5.41, 5.74) is 2.88. The molecule has 5 nitrogen and oxygen atoms in total. The van der Waals surface area contributed by atoms with Crippen LogP contribution < -0.4 is 4.72 Å². The van der Waals surface area contributed by atoms with Crippen molar-refractivity contribution in [2.45, 2.75) is 38.8 Å². The van der Waals surface area contributed by atoms with Crippen molar-refractivity contribution in [2.24, 2.45) is 0 Å². The molecule has 6 heteroatoms. The zero-order valence-electron chi connectivity index (χ0n) is 12.1. The molecule has 0 unspecified atom stereocenters. The molecule has 0 aliphatic carbocycles. The zero-order valence-corrected chi connectivity index (χ0v) is 12.9. The fourth-order valence-corrected chi connectivity index (χ4v) is 3.49. The molecule has 0 spiro atoms. The van der Waals surface area contributed by atoms with Crippen molar-refractivity contribution in [2.75, 3.05) is 0 Å². The summed E-state index contributed by atoms with van der Waals surface area (Å²) in [6, 6.07) is 7.20. The molecular formula is C14H19N3O2S. The van der Waals surface area contributed by atoms with Crippen LogP contribution in [-0.4, -0.2) is 24.2 Å². The number of nitrogens with zero attached hydrogens (tertiary/aromatic N) is 2. The first-order valence-corrected chi connectivity index (χ1v) is 7.93. The maximum absolute atomic E-state index is 12.3. The fraction of sp³-hybridized carbons (Fsp3) is 0.357. The minimum absolute atomic E-state index is 0.149. The molecule has 20 heavy (non-hydrogen) atoms. The molecule has 1 heterocycles. The molecule has 2 rings (SSSR count). The highest BCUT2D eigenvalue weighted by Crippen LogP contribution is 2.18. The molecule has 0 bridgehead atoms. The number of benzene rings is 1. The molecule has 1 aromatic heterocycles. The van der Waals surface area contributed by atoms with Crippen LogP contribution in [0.4, 0.5) is 0 Å². The van der Waals surface area contributed by atoms with Crippen LogP contribution in [0.15, 0.2) is 35.5 Å². The van der Waals surface area contributed by atoms with Crippen molar-refractivity contribution in [1.29, 1.82) is 0 Å². The van der Waals surface area contributed by atoms with Crippen LogP contribution in [0.1, 0.15) is 25.0 Å². The van der Waals surface area contributed by atoms with Crippen molar-refractivity contribution in [3.05, 3.63) is 41.6 Å². The van der Waals surface area contributed by atoms with E-state index < -0.39 is 10.0 Å². The molecule has 2 aromatic rings. The van der Waals surface area contributed by atoms with Gasteiger partial charge in [-0.2, -0.15) is 5.10 Å². The van der Waals surface area contributed by atoms with E-state index in [1.807, 2.05) is 32.0 Å². The molecule has 1 N–H and O–H groups in total. The first-order chi connectivity index (χ1) is 9.29. The summed E-state index contributed by atoms with van der Waals surface area (Å²) in [5.74, 6) is 0. The van der Waals surface area contributed by atoms with Gasteiger partial charge in [0.05, 0.1) is 11.9 Å². The van der Waals surface area contributed by atoms with Gasteiger partial charge >= 0.3 is 0 Å². The van der Waals surface area contributed by atoms with Gasteiger partial charge in [-0.3, -0.25) is 0 Å². The number of sulfonamides is 1. The van der Waals surface area contributed by atoms with Gasteiger partial charge in [-0.05, 0) is 57.0 Å². The maximum Gasteiger partial charge on any atom is 0.258 e. The third-order valence-corrected chi connectivity index (χ3v) is 4.37. The molecule has 0 atom stereocenters. The van der Waals surface area contributed by atoms with Crippen molar-refractivity contribution < 1.29 is 8.42 Å². The standard InChI is InChI=1S/C14H19N3O2S/c1-10(2)16-20(18,19)14-5-6-15-17(14)13-8-11(3)7-12(4)9-13/h5-10,16H,1-4H3. The molecular weight excluding hydrogens is 274 g/mol. The third kappa shape index (κ3) is 3.08. The quantitative estimate of drug-likeness (QED) is 0.939. The highest BCUT2D eigenvalue weighted by molar-refractivity contribution is 7.89. The minimum Gasteiger partial charge on any atom is -0.221 e. The van der Waals surface area contributed by atoms with E-state index in [4.69, 9.17) is 0 Å². The SMILES string of the molecule is Cc1cc(C)cc(-n2nccc2S(=O)(=O)NC(C)C)c1. The number of nitrogens with one attached hydrogen (secondary N) is 1. The maximum atomic E-state index is 12.3. The monoisotopic (exact) mass is 293 g/mol. The average molecular weight is 293 g/mol. The van der Waals surface area contributed by atoms with Gasteiger partial charge in [-0.1, -0.05) is 6.07 Å². The van der Waals surface area contributed by atoms with Gasteiger partial charge in [0.25, 0.3) is 10.0 Å². The molecule has 108 valence electrons. The first-order valence-electron chi connectivity index (χ1n) is 6.44. The average Bonchev–Trinajstić information content (AvgIpc) is 2.74. The van der Waals surface area contributed by atoms with E-state index in [-0.39, 0.29) is 11.1 Å². The highest BCUT2D eigenvalue weighted by atomic mass is 32.2. The summed E-state index contributed by atoms with van der Waals surface area (Å²) in [6.07, 6.45) is 1.49. The van der Waals surface area contributed by atoms with Gasteiger partial charge in [-0.15, -0.1) is 0 Å². The van der Waals surface area contributed by atoms with E-state index in [1.54, 1.807) is 13.8 Å². The van der Waals surface area contributed by atoms with E-state index in [9.17, 15) is 8.42 Å². The van der Waals surface area contributed by atoms with E-state index in [0.717, 1.165) is 16.8 Å². The molecule has 0 radical (unpaired) electrons. The predicted molar refractivity (Wildman–Crippen MR) is 78.5 cm³/mol. The Morgan fingerprint density at radius 1 is 1.15 bits per heavy atom. The van der Waals surface area contributed by atoms with Crippen molar-refractivity contribution in [3.63, 3.8) is 0 Å². The summed E-state index contributed by atoms with van der Waals surface area (Å²) in [5, 5.41) is 4.29. The highest BCUT2D eigenvalue weighted by Gasteiger charge is 2.21. The van der Waals surface area contributed by atoms with Crippen molar-refractivity contribution >= 4 is 10.0 Å². The Morgan fingerprint density at radius 2 is 1.75 bits per heavy atom. The molecule has 0 amide bonds. The lowest BCUT2D eigenvalue weighted by Crippen LogP contribution is -2.31. The summed E-state index contributed by atoms with van der Waals surface area (Å²) < 4.78 is 28.6. The van der Waals surface area contributed by atoms with Gasteiger partial charge in [0, 0.05) is 6.04 Å². The Kier molecular flexibility index (Phi) is 3.96. The summed E-state index contributed by atoms with van der Waals surface area (Å²) in [7, 11) is -3.57. The Balaban J connectivity index is 2.53. The van der Waals surface area contributed by atoms with Gasteiger partial charge < -0.3 is 0 Å². The molecule has 1 aromatic carbocycles. The predicted octanol–water partition coefficient (Wildman–Crippen LogP) is 2.18. The number of hydrogen-bond acceptors (Lipinski definition) is 3. The summed E-state index contributed by atoms with van der Waals surface area (Å²) in [4.78, 5) is 0. The second kappa shape index (κ2) is 5.38. The Labute approximate surface area is 119 Å². The van der Waals surface area contributed by atoms with E-state index in [1.165, 1.54) is 16.9 Å². The Morgan fingerprint density at radius 3 is 2.30 bits per heavy atom. The number of rotatable bonds is 4. The van der Waals surface area contributed by atoms with Gasteiger partial charge in [-0.25, -0.2) is 17.8 Å². The van der Waals surface area contributed by atoms with Crippen molar-refractivity contribution in [1.82, 2.24) is 14.5 Å². The van der Waals surface area contributed by atoms with Gasteiger partial charge in [0.2, 0.25) is 0 Å². The van der Waals surface area contributed by atoms with Crippen LogP contribution in [-0.2, 0) is 10.0 Å². The Hall–Kier alpha value is -1.66. The normalized spacial score (nSPS) is 12.1.